The summed E-state index contributed by atoms with van der Waals surface area (Å²) in [5.74, 6) is 0.873. The Morgan fingerprint density at radius 2 is 1.76 bits per heavy atom. The number of aromatic amines is 1. The van der Waals surface area contributed by atoms with Crippen LogP contribution in [0.15, 0.2) is 30.5 Å². The van der Waals surface area contributed by atoms with Gasteiger partial charge in [0.05, 0.1) is 0 Å². The summed E-state index contributed by atoms with van der Waals surface area (Å²) in [7, 11) is 0. The average Bonchev–Trinajstić information content (AvgIpc) is 3.21. The SMILES string of the molecule is Cl.Cl.c1ccc2c([C@@H](C3CC3)N3CCNCC3)c[nH]c2c1. The molecule has 1 saturated heterocycles. The predicted molar refractivity (Wildman–Crippen MR) is 92.7 cm³/mol. The Morgan fingerprint density at radius 1 is 1.05 bits per heavy atom. The lowest BCUT2D eigenvalue weighted by molar-refractivity contribution is 0.157. The van der Waals surface area contributed by atoms with Crippen molar-refractivity contribution in [3.8, 4) is 0 Å². The summed E-state index contributed by atoms with van der Waals surface area (Å²) in [4.78, 5) is 6.13. The van der Waals surface area contributed by atoms with Gasteiger partial charge in [-0.15, -0.1) is 24.8 Å². The Hall–Kier alpha value is -0.740. The molecule has 3 nitrogen and oxygen atoms in total. The molecule has 2 heterocycles. The maximum Gasteiger partial charge on any atom is 0.0457 e. The van der Waals surface area contributed by atoms with Gasteiger partial charge in [-0.2, -0.15) is 0 Å². The second kappa shape index (κ2) is 7.01. The van der Waals surface area contributed by atoms with Gasteiger partial charge in [0.15, 0.2) is 0 Å². The standard InChI is InChI=1S/C16H21N3.2ClH/c1-2-4-15-13(3-1)14(11-18-15)16(12-5-6-12)19-9-7-17-8-10-19;;/h1-4,11-12,16-18H,5-10H2;2*1H/t16-;;/m1../s1. The van der Waals surface area contributed by atoms with Crippen LogP contribution in [0.25, 0.3) is 10.9 Å². The van der Waals surface area contributed by atoms with Crippen LogP contribution in [0.3, 0.4) is 0 Å². The van der Waals surface area contributed by atoms with Gasteiger partial charge in [-0.1, -0.05) is 18.2 Å². The Labute approximate surface area is 138 Å². The monoisotopic (exact) mass is 327 g/mol. The zero-order chi connectivity index (χ0) is 12.7. The molecule has 2 aromatic rings. The van der Waals surface area contributed by atoms with Crippen molar-refractivity contribution in [1.82, 2.24) is 15.2 Å². The zero-order valence-corrected chi connectivity index (χ0v) is 13.7. The highest BCUT2D eigenvalue weighted by Gasteiger charge is 2.37. The number of H-pyrrole nitrogens is 1. The van der Waals surface area contributed by atoms with Gasteiger partial charge in [0, 0.05) is 49.3 Å². The summed E-state index contributed by atoms with van der Waals surface area (Å²) in [6, 6.07) is 9.33. The van der Waals surface area contributed by atoms with Crippen molar-refractivity contribution in [1.29, 1.82) is 0 Å². The molecular formula is C16H23Cl2N3. The van der Waals surface area contributed by atoms with Gasteiger partial charge in [-0.25, -0.2) is 0 Å². The third-order valence-electron chi connectivity index (χ3n) is 4.55. The molecule has 0 amide bonds. The number of rotatable bonds is 3. The number of aromatic nitrogens is 1. The normalized spacial score (nSPS) is 20.6. The molecule has 5 heteroatoms. The molecule has 1 aromatic carbocycles. The lowest BCUT2D eigenvalue weighted by atomic mass is 9.99. The molecule has 1 aliphatic carbocycles. The van der Waals surface area contributed by atoms with Gasteiger partial charge in [0.2, 0.25) is 0 Å². The summed E-state index contributed by atoms with van der Waals surface area (Å²) >= 11 is 0. The molecule has 0 unspecified atom stereocenters. The maximum atomic E-state index is 3.46. The van der Waals surface area contributed by atoms with Crippen molar-refractivity contribution in [3.63, 3.8) is 0 Å². The minimum absolute atomic E-state index is 0. The first-order valence-electron chi connectivity index (χ1n) is 7.44. The van der Waals surface area contributed by atoms with Crippen LogP contribution in [0.5, 0.6) is 0 Å². The molecular weight excluding hydrogens is 305 g/mol. The number of benzene rings is 1. The molecule has 4 rings (SSSR count). The van der Waals surface area contributed by atoms with Gasteiger partial charge < -0.3 is 10.3 Å². The Morgan fingerprint density at radius 3 is 2.48 bits per heavy atom. The van der Waals surface area contributed by atoms with Crippen LogP contribution in [0.1, 0.15) is 24.4 Å². The minimum atomic E-state index is 0. The highest BCUT2D eigenvalue weighted by Crippen LogP contribution is 2.46. The van der Waals surface area contributed by atoms with E-state index in [-0.39, 0.29) is 24.8 Å². The Kier molecular flexibility index (Phi) is 5.55. The van der Waals surface area contributed by atoms with Gasteiger partial charge in [-0.3, -0.25) is 4.90 Å². The molecule has 0 spiro atoms. The molecule has 1 aromatic heterocycles. The smallest absolute Gasteiger partial charge is 0.0457 e. The summed E-state index contributed by atoms with van der Waals surface area (Å²) in [6.45, 7) is 4.62. The number of nitrogens with one attached hydrogen (secondary N) is 2. The first-order chi connectivity index (χ1) is 9.43. The van der Waals surface area contributed by atoms with E-state index in [0.717, 1.165) is 19.0 Å². The van der Waals surface area contributed by atoms with E-state index in [0.29, 0.717) is 6.04 Å². The molecule has 2 N–H and O–H groups in total. The van der Waals surface area contributed by atoms with Crippen LogP contribution < -0.4 is 5.32 Å². The second-order valence-electron chi connectivity index (χ2n) is 5.86. The molecule has 1 saturated carbocycles. The van der Waals surface area contributed by atoms with E-state index in [4.69, 9.17) is 0 Å². The van der Waals surface area contributed by atoms with Crippen LogP contribution in [0, 0.1) is 5.92 Å². The summed E-state index contributed by atoms with van der Waals surface area (Å²) in [5, 5.41) is 4.88. The van der Waals surface area contributed by atoms with Crippen LogP contribution in [-0.2, 0) is 0 Å². The highest BCUT2D eigenvalue weighted by molar-refractivity contribution is 5.85. The topological polar surface area (TPSA) is 31.1 Å². The summed E-state index contributed by atoms with van der Waals surface area (Å²) in [6.07, 6.45) is 5.04. The first kappa shape index (κ1) is 16.6. The summed E-state index contributed by atoms with van der Waals surface area (Å²) < 4.78 is 0. The van der Waals surface area contributed by atoms with Gasteiger partial charge in [0.1, 0.15) is 0 Å². The maximum absolute atomic E-state index is 3.46. The van der Waals surface area contributed by atoms with Gasteiger partial charge in [0.25, 0.3) is 0 Å². The van der Waals surface area contributed by atoms with E-state index < -0.39 is 0 Å². The number of nitrogens with zero attached hydrogens (tertiary/aromatic N) is 1. The van der Waals surface area contributed by atoms with Crippen LogP contribution >= 0.6 is 24.8 Å². The van der Waals surface area contributed by atoms with E-state index >= 15 is 0 Å². The molecule has 1 aliphatic heterocycles. The number of hydrogen-bond donors (Lipinski definition) is 2. The van der Waals surface area contributed by atoms with E-state index in [1.165, 1.54) is 42.4 Å². The fourth-order valence-electron chi connectivity index (χ4n) is 3.46. The van der Waals surface area contributed by atoms with Crippen molar-refractivity contribution < 1.29 is 0 Å². The molecule has 21 heavy (non-hydrogen) atoms. The van der Waals surface area contributed by atoms with Crippen molar-refractivity contribution in [3.05, 3.63) is 36.0 Å². The molecule has 2 aliphatic rings. The molecule has 1 atom stereocenters. The largest absolute Gasteiger partial charge is 0.361 e. The van der Waals surface area contributed by atoms with Gasteiger partial charge in [-0.05, 0) is 30.4 Å². The van der Waals surface area contributed by atoms with Crippen LogP contribution in [0.4, 0.5) is 0 Å². The zero-order valence-electron chi connectivity index (χ0n) is 12.0. The van der Waals surface area contributed by atoms with Crippen LogP contribution in [-0.4, -0.2) is 36.1 Å². The molecule has 2 fully saturated rings. The third kappa shape index (κ3) is 3.21. The average molecular weight is 328 g/mol. The Balaban J connectivity index is 0.000000807. The van der Waals surface area contributed by atoms with E-state index in [1.54, 1.807) is 0 Å². The Bertz CT molecular complexity index is 574. The predicted octanol–water partition coefficient (Wildman–Crippen LogP) is 3.37. The third-order valence-corrected chi connectivity index (χ3v) is 4.55. The second-order valence-corrected chi connectivity index (χ2v) is 5.86. The summed E-state index contributed by atoms with van der Waals surface area (Å²) in [5.41, 5.74) is 2.79. The highest BCUT2D eigenvalue weighted by atomic mass is 35.5. The lowest BCUT2D eigenvalue weighted by Gasteiger charge is -2.35. The van der Waals surface area contributed by atoms with E-state index in [2.05, 4.69) is 45.7 Å². The fourth-order valence-corrected chi connectivity index (χ4v) is 3.46. The first-order valence-corrected chi connectivity index (χ1v) is 7.44. The molecule has 0 bridgehead atoms. The fraction of sp³-hybridized carbons (Fsp3) is 0.500. The number of halogens is 2. The number of piperazine rings is 1. The minimum Gasteiger partial charge on any atom is -0.361 e. The quantitative estimate of drug-likeness (QED) is 0.905. The van der Waals surface area contributed by atoms with E-state index in [1.807, 2.05) is 0 Å². The van der Waals surface area contributed by atoms with E-state index in [9.17, 15) is 0 Å². The van der Waals surface area contributed by atoms with Gasteiger partial charge >= 0.3 is 0 Å². The number of para-hydroxylation sites is 1. The molecule has 116 valence electrons. The van der Waals surface area contributed by atoms with Crippen molar-refractivity contribution in [2.24, 2.45) is 5.92 Å². The van der Waals surface area contributed by atoms with Crippen molar-refractivity contribution >= 4 is 35.7 Å². The van der Waals surface area contributed by atoms with Crippen molar-refractivity contribution in [2.75, 3.05) is 26.2 Å². The lowest BCUT2D eigenvalue weighted by Crippen LogP contribution is -2.45. The number of hydrogen-bond acceptors (Lipinski definition) is 2. The number of fused-ring (bicyclic) bond motifs is 1. The van der Waals surface area contributed by atoms with Crippen molar-refractivity contribution in [2.45, 2.75) is 18.9 Å². The molecule has 0 radical (unpaired) electrons. The van der Waals surface area contributed by atoms with Crippen LogP contribution in [0.2, 0.25) is 0 Å².